The topological polar surface area (TPSA) is 78.4 Å². The van der Waals surface area contributed by atoms with Gasteiger partial charge < -0.3 is 15.7 Å². The Balaban J connectivity index is 2.00. The summed E-state index contributed by atoms with van der Waals surface area (Å²) in [5.74, 6) is -0.492. The van der Waals surface area contributed by atoms with Crippen LogP contribution in [0.4, 0.5) is 5.69 Å². The van der Waals surface area contributed by atoms with Crippen molar-refractivity contribution in [3.8, 4) is 0 Å². The molecule has 26 heavy (non-hydrogen) atoms. The summed E-state index contributed by atoms with van der Waals surface area (Å²) in [6, 6.07) is 12.0. The molecule has 0 aliphatic heterocycles. The van der Waals surface area contributed by atoms with Gasteiger partial charge in [-0.2, -0.15) is 0 Å². The molecule has 0 atom stereocenters. The van der Waals surface area contributed by atoms with Gasteiger partial charge in [-0.15, -0.1) is 0 Å². The third kappa shape index (κ3) is 5.83. The van der Waals surface area contributed by atoms with Gasteiger partial charge in [-0.1, -0.05) is 39.7 Å². The zero-order valence-electron chi connectivity index (χ0n) is 14.5. The van der Waals surface area contributed by atoms with Gasteiger partial charge in [0, 0.05) is 10.2 Å². The third-order valence-electron chi connectivity index (χ3n) is 3.62. The van der Waals surface area contributed by atoms with Gasteiger partial charge in [0.2, 0.25) is 5.91 Å². The number of aliphatic hydroxyl groups excluding tert-OH is 1. The Hall–Kier alpha value is -1.89. The summed E-state index contributed by atoms with van der Waals surface area (Å²) in [7, 11) is 0. The fourth-order valence-corrected chi connectivity index (χ4v) is 2.79. The molecule has 0 aliphatic rings. The van der Waals surface area contributed by atoms with E-state index in [1.54, 1.807) is 56.3 Å². The molecule has 0 unspecified atom stereocenters. The van der Waals surface area contributed by atoms with Crippen LogP contribution in [0.25, 0.3) is 0 Å². The molecule has 2 amide bonds. The van der Waals surface area contributed by atoms with Crippen LogP contribution in [0.2, 0.25) is 5.02 Å². The number of carbonyl (C=O) groups is 2. The lowest BCUT2D eigenvalue weighted by molar-refractivity contribution is -0.122. The van der Waals surface area contributed by atoms with Crippen LogP contribution in [0.3, 0.4) is 0 Å². The van der Waals surface area contributed by atoms with Crippen LogP contribution in [0.5, 0.6) is 0 Å². The molecule has 0 radical (unpaired) electrons. The second-order valence-electron chi connectivity index (χ2n) is 6.54. The first-order valence-corrected chi connectivity index (χ1v) is 9.14. The van der Waals surface area contributed by atoms with E-state index in [0.29, 0.717) is 16.3 Å². The van der Waals surface area contributed by atoms with Crippen LogP contribution in [0, 0.1) is 0 Å². The predicted molar refractivity (Wildman–Crippen MR) is 107 cm³/mol. The average Bonchev–Trinajstić information content (AvgIpc) is 2.58. The molecule has 0 bridgehead atoms. The molecular weight excluding hydrogens is 420 g/mol. The van der Waals surface area contributed by atoms with E-state index in [9.17, 15) is 14.7 Å². The SMILES string of the molecule is CC(C)(CO)NC(=O)Cc1ccc(NC(=O)c2cc(Br)ccc2Cl)cc1. The van der Waals surface area contributed by atoms with Crippen molar-refractivity contribution in [2.24, 2.45) is 0 Å². The molecule has 0 heterocycles. The highest BCUT2D eigenvalue weighted by Crippen LogP contribution is 2.22. The Morgan fingerprint density at radius 1 is 1.15 bits per heavy atom. The maximum atomic E-state index is 12.3. The molecule has 0 saturated heterocycles. The van der Waals surface area contributed by atoms with Gasteiger partial charge in [0.25, 0.3) is 5.91 Å². The van der Waals surface area contributed by atoms with Crippen molar-refractivity contribution in [2.75, 3.05) is 11.9 Å². The van der Waals surface area contributed by atoms with E-state index < -0.39 is 5.54 Å². The van der Waals surface area contributed by atoms with Crippen LogP contribution in [-0.2, 0) is 11.2 Å². The first-order chi connectivity index (χ1) is 12.2. The molecule has 0 saturated carbocycles. The van der Waals surface area contributed by atoms with Gasteiger partial charge in [0.1, 0.15) is 0 Å². The van der Waals surface area contributed by atoms with E-state index in [-0.39, 0.29) is 24.8 Å². The zero-order valence-corrected chi connectivity index (χ0v) is 16.8. The summed E-state index contributed by atoms with van der Waals surface area (Å²) in [6.45, 7) is 3.36. The van der Waals surface area contributed by atoms with Crippen molar-refractivity contribution in [2.45, 2.75) is 25.8 Å². The Kier molecular flexibility index (Phi) is 6.81. The molecule has 0 aliphatic carbocycles. The normalized spacial score (nSPS) is 11.1. The summed E-state index contributed by atoms with van der Waals surface area (Å²) < 4.78 is 0.763. The van der Waals surface area contributed by atoms with Crippen LogP contribution in [0.15, 0.2) is 46.9 Å². The van der Waals surface area contributed by atoms with Gasteiger partial charge >= 0.3 is 0 Å². The lowest BCUT2D eigenvalue weighted by atomic mass is 10.1. The largest absolute Gasteiger partial charge is 0.394 e. The molecule has 2 aromatic carbocycles. The summed E-state index contributed by atoms with van der Waals surface area (Å²) in [4.78, 5) is 24.3. The van der Waals surface area contributed by atoms with Gasteiger partial charge in [-0.05, 0) is 49.7 Å². The number of anilines is 1. The summed E-state index contributed by atoms with van der Waals surface area (Å²) >= 11 is 9.38. The van der Waals surface area contributed by atoms with Gasteiger partial charge in [0.15, 0.2) is 0 Å². The lowest BCUT2D eigenvalue weighted by Crippen LogP contribution is -2.46. The van der Waals surface area contributed by atoms with E-state index in [4.69, 9.17) is 11.6 Å². The number of benzene rings is 2. The molecule has 5 nitrogen and oxygen atoms in total. The van der Waals surface area contributed by atoms with Crippen LogP contribution < -0.4 is 10.6 Å². The smallest absolute Gasteiger partial charge is 0.257 e. The Bertz CT molecular complexity index is 807. The summed E-state index contributed by atoms with van der Waals surface area (Å²) in [5.41, 5.74) is 1.12. The molecule has 7 heteroatoms. The minimum atomic E-state index is -0.659. The van der Waals surface area contributed by atoms with Crippen molar-refractivity contribution in [1.82, 2.24) is 5.32 Å². The standard InChI is InChI=1S/C19H20BrClN2O3/c1-19(2,11-24)23-17(25)9-12-3-6-14(7-4-12)22-18(26)15-10-13(20)5-8-16(15)21/h3-8,10,24H,9,11H2,1-2H3,(H,22,26)(H,23,25). The molecule has 0 spiro atoms. The quantitative estimate of drug-likeness (QED) is 0.641. The number of nitrogens with one attached hydrogen (secondary N) is 2. The van der Waals surface area contributed by atoms with Crippen LogP contribution >= 0.6 is 27.5 Å². The maximum absolute atomic E-state index is 12.3. The lowest BCUT2D eigenvalue weighted by Gasteiger charge is -2.23. The molecule has 3 N–H and O–H groups in total. The van der Waals surface area contributed by atoms with Gasteiger partial charge in [-0.25, -0.2) is 0 Å². The fraction of sp³-hybridized carbons (Fsp3) is 0.263. The van der Waals surface area contributed by atoms with Crippen molar-refractivity contribution < 1.29 is 14.7 Å². The Morgan fingerprint density at radius 3 is 2.42 bits per heavy atom. The van der Waals surface area contributed by atoms with Crippen LogP contribution in [0.1, 0.15) is 29.8 Å². The van der Waals surface area contributed by atoms with E-state index in [0.717, 1.165) is 10.0 Å². The third-order valence-corrected chi connectivity index (χ3v) is 4.45. The number of hydrogen-bond acceptors (Lipinski definition) is 3. The minimum absolute atomic E-state index is 0.137. The molecule has 0 aromatic heterocycles. The second kappa shape index (κ2) is 8.66. The Morgan fingerprint density at radius 2 is 1.81 bits per heavy atom. The molecule has 2 rings (SSSR count). The van der Waals surface area contributed by atoms with Crippen molar-refractivity contribution in [3.05, 3.63) is 63.1 Å². The monoisotopic (exact) mass is 438 g/mol. The number of rotatable bonds is 6. The van der Waals surface area contributed by atoms with Gasteiger partial charge in [0.05, 0.1) is 29.2 Å². The zero-order chi connectivity index (χ0) is 19.3. The van der Waals surface area contributed by atoms with E-state index in [2.05, 4.69) is 26.6 Å². The highest BCUT2D eigenvalue weighted by atomic mass is 79.9. The molecule has 2 aromatic rings. The molecule has 0 fully saturated rings. The van der Waals surface area contributed by atoms with Crippen molar-refractivity contribution in [3.63, 3.8) is 0 Å². The van der Waals surface area contributed by atoms with Crippen molar-refractivity contribution in [1.29, 1.82) is 0 Å². The second-order valence-corrected chi connectivity index (χ2v) is 7.87. The first-order valence-electron chi connectivity index (χ1n) is 7.97. The number of aliphatic hydroxyl groups is 1. The van der Waals surface area contributed by atoms with Gasteiger partial charge in [-0.3, -0.25) is 9.59 Å². The Labute approximate surface area is 165 Å². The fourth-order valence-electron chi connectivity index (χ4n) is 2.22. The van der Waals surface area contributed by atoms with Crippen LogP contribution in [-0.4, -0.2) is 29.1 Å². The number of halogens is 2. The minimum Gasteiger partial charge on any atom is -0.394 e. The summed E-state index contributed by atoms with van der Waals surface area (Å²) in [5, 5.41) is 15.1. The average molecular weight is 440 g/mol. The predicted octanol–water partition coefficient (Wildman–Crippen LogP) is 3.78. The van der Waals surface area contributed by atoms with E-state index in [1.807, 2.05) is 0 Å². The highest BCUT2D eigenvalue weighted by Gasteiger charge is 2.19. The van der Waals surface area contributed by atoms with Crippen molar-refractivity contribution >= 4 is 45.0 Å². The summed E-state index contributed by atoms with van der Waals surface area (Å²) in [6.07, 6.45) is 0.190. The molecular formula is C19H20BrClN2O3. The number of carbonyl (C=O) groups excluding carboxylic acids is 2. The van der Waals surface area contributed by atoms with E-state index in [1.165, 1.54) is 0 Å². The van der Waals surface area contributed by atoms with E-state index >= 15 is 0 Å². The molecule has 138 valence electrons. The number of hydrogen-bond donors (Lipinski definition) is 3. The highest BCUT2D eigenvalue weighted by molar-refractivity contribution is 9.10. The number of amides is 2. The maximum Gasteiger partial charge on any atom is 0.257 e. The first kappa shape index (κ1) is 20.4.